The molecule has 3 rings (SSSR count). The van der Waals surface area contributed by atoms with Crippen LogP contribution in [0, 0.1) is 5.41 Å². The zero-order chi connectivity index (χ0) is 23.2. The molecule has 1 fully saturated rings. The number of aryl methyl sites for hydroxylation is 1. The summed E-state index contributed by atoms with van der Waals surface area (Å²) < 4.78 is 12.6. The van der Waals surface area contributed by atoms with Crippen molar-refractivity contribution < 1.29 is 19.2 Å². The molecule has 1 saturated carbocycles. The lowest BCUT2D eigenvalue weighted by Crippen LogP contribution is -2.18. The van der Waals surface area contributed by atoms with Gasteiger partial charge < -0.3 is 10.2 Å². The van der Waals surface area contributed by atoms with Gasteiger partial charge in [0.2, 0.25) is 0 Å². The van der Waals surface area contributed by atoms with Crippen LogP contribution in [0.25, 0.3) is 6.08 Å². The molecule has 0 amide bonds. The van der Waals surface area contributed by atoms with Crippen molar-refractivity contribution in [3.05, 3.63) is 76.6 Å². The van der Waals surface area contributed by atoms with Crippen LogP contribution in [0.3, 0.4) is 0 Å². The van der Waals surface area contributed by atoms with E-state index in [-0.39, 0.29) is 17.1 Å². The molecule has 0 saturated heterocycles. The number of aliphatic hydroxyl groups is 1. The van der Waals surface area contributed by atoms with Crippen molar-refractivity contribution in [3.63, 3.8) is 0 Å². The largest absolute Gasteiger partial charge is 0.481 e. The van der Waals surface area contributed by atoms with E-state index < -0.39 is 20.5 Å². The van der Waals surface area contributed by atoms with Crippen LogP contribution >= 0.6 is 20.7 Å². The molecule has 2 aromatic rings. The van der Waals surface area contributed by atoms with Crippen LogP contribution in [0.4, 0.5) is 4.20 Å². The van der Waals surface area contributed by atoms with E-state index in [4.69, 9.17) is 0 Å². The number of hydrogen-bond donors (Lipinski definition) is 2. The predicted molar refractivity (Wildman–Crippen MR) is 134 cm³/mol. The SMILES string of the molecule is CC(C)(O)c1ccccc1CC[C@@H](SCC1(CC(=O)O)CC1)c1cccc(/C=C/PF)c1. The highest BCUT2D eigenvalue weighted by Crippen LogP contribution is 2.53. The van der Waals surface area contributed by atoms with Gasteiger partial charge in [0.05, 0.1) is 20.9 Å². The summed E-state index contributed by atoms with van der Waals surface area (Å²) in [5.41, 5.74) is 3.23. The monoisotopic (exact) mass is 474 g/mol. The van der Waals surface area contributed by atoms with Gasteiger partial charge in [-0.1, -0.05) is 54.6 Å². The van der Waals surface area contributed by atoms with Crippen LogP contribution in [-0.2, 0) is 16.8 Å². The smallest absolute Gasteiger partial charge is 0.303 e. The van der Waals surface area contributed by atoms with Crippen LogP contribution in [0.5, 0.6) is 0 Å². The Hall–Kier alpha value is -1.68. The van der Waals surface area contributed by atoms with E-state index in [0.29, 0.717) is 0 Å². The van der Waals surface area contributed by atoms with Crippen molar-refractivity contribution in [2.24, 2.45) is 5.41 Å². The van der Waals surface area contributed by atoms with Gasteiger partial charge in [-0.15, -0.1) is 0 Å². The van der Waals surface area contributed by atoms with Gasteiger partial charge in [-0.3, -0.25) is 4.79 Å². The number of halogens is 1. The Morgan fingerprint density at radius 1 is 1.25 bits per heavy atom. The van der Waals surface area contributed by atoms with Crippen molar-refractivity contribution in [2.45, 2.75) is 56.8 Å². The van der Waals surface area contributed by atoms with Crippen molar-refractivity contribution in [1.29, 1.82) is 0 Å². The fourth-order valence-electron chi connectivity index (χ4n) is 4.11. The van der Waals surface area contributed by atoms with Crippen LogP contribution in [0.1, 0.15) is 67.0 Å². The molecule has 0 aromatic heterocycles. The maximum atomic E-state index is 12.6. The number of carboxylic acids is 1. The van der Waals surface area contributed by atoms with E-state index in [1.807, 2.05) is 55.9 Å². The first kappa shape index (κ1) is 25.0. The van der Waals surface area contributed by atoms with Crippen molar-refractivity contribution in [3.8, 4) is 0 Å². The van der Waals surface area contributed by atoms with Gasteiger partial charge in [-0.25, -0.2) is 4.20 Å². The van der Waals surface area contributed by atoms with E-state index in [1.165, 1.54) is 11.4 Å². The summed E-state index contributed by atoms with van der Waals surface area (Å²) in [5.74, 6) is 1.63. The summed E-state index contributed by atoms with van der Waals surface area (Å²) in [7, 11) is -0.718. The van der Waals surface area contributed by atoms with E-state index in [1.54, 1.807) is 6.08 Å². The molecule has 0 heterocycles. The molecule has 3 nitrogen and oxygen atoms in total. The molecule has 1 aliphatic carbocycles. The summed E-state index contributed by atoms with van der Waals surface area (Å²) >= 11 is 1.83. The van der Waals surface area contributed by atoms with Gasteiger partial charge >= 0.3 is 5.97 Å². The third-order valence-electron chi connectivity index (χ3n) is 6.05. The van der Waals surface area contributed by atoms with Crippen molar-refractivity contribution in [1.82, 2.24) is 0 Å². The summed E-state index contributed by atoms with van der Waals surface area (Å²) in [4.78, 5) is 11.3. The molecule has 0 bridgehead atoms. The minimum atomic E-state index is -0.906. The molecule has 32 heavy (non-hydrogen) atoms. The fourth-order valence-corrected chi connectivity index (χ4v) is 5.93. The maximum Gasteiger partial charge on any atom is 0.303 e. The molecule has 2 N–H and O–H groups in total. The first-order chi connectivity index (χ1) is 15.2. The molecule has 6 heteroatoms. The normalized spacial score (nSPS) is 16.6. The average molecular weight is 475 g/mol. The highest BCUT2D eigenvalue weighted by Gasteiger charge is 2.44. The van der Waals surface area contributed by atoms with Gasteiger partial charge in [0.15, 0.2) is 0 Å². The first-order valence-electron chi connectivity index (χ1n) is 11.0. The Morgan fingerprint density at radius 2 is 2.00 bits per heavy atom. The topological polar surface area (TPSA) is 57.5 Å². The second-order valence-corrected chi connectivity index (χ2v) is 11.0. The Kier molecular flexibility index (Phi) is 8.55. The molecule has 172 valence electrons. The second-order valence-electron chi connectivity index (χ2n) is 9.24. The Labute approximate surface area is 196 Å². The van der Waals surface area contributed by atoms with Crippen LogP contribution in [-0.4, -0.2) is 21.9 Å². The number of benzene rings is 2. The minimum absolute atomic E-state index is 0.0768. The number of hydrogen-bond acceptors (Lipinski definition) is 3. The Balaban J connectivity index is 1.80. The third-order valence-corrected chi connectivity index (χ3v) is 8.03. The van der Waals surface area contributed by atoms with E-state index >= 15 is 0 Å². The van der Waals surface area contributed by atoms with Gasteiger partial charge in [0.1, 0.15) is 0 Å². The standard InChI is InChI=1S/C26H32FO3PS/c1-25(2,30)22-9-4-3-7-20(22)10-11-23(32-18-26(13-14-26)17-24(28)29)21-8-5-6-19(16-21)12-15-31-27/h3-9,12,15-16,23,30-31H,10-11,13-14,17-18H2,1-2H3,(H,28,29)/b15-12+/t23-/m1/s1. The summed E-state index contributed by atoms with van der Waals surface area (Å²) in [6.45, 7) is 3.62. The zero-order valence-corrected chi connectivity index (χ0v) is 20.5. The van der Waals surface area contributed by atoms with Gasteiger partial charge in [0, 0.05) is 11.0 Å². The van der Waals surface area contributed by atoms with Crippen LogP contribution < -0.4 is 0 Å². The molecule has 1 unspecified atom stereocenters. The highest BCUT2D eigenvalue weighted by molar-refractivity contribution is 7.99. The number of thioether (sulfide) groups is 1. The number of aliphatic carboxylic acids is 1. The lowest BCUT2D eigenvalue weighted by molar-refractivity contribution is -0.138. The molecule has 2 atom stereocenters. The Bertz CT molecular complexity index is 950. The first-order valence-corrected chi connectivity index (χ1v) is 13.0. The maximum absolute atomic E-state index is 12.6. The lowest BCUT2D eigenvalue weighted by atomic mass is 9.90. The van der Waals surface area contributed by atoms with E-state index in [9.17, 15) is 19.2 Å². The van der Waals surface area contributed by atoms with Crippen molar-refractivity contribution in [2.75, 3.05) is 5.75 Å². The lowest BCUT2D eigenvalue weighted by Gasteiger charge is -2.24. The quantitative estimate of drug-likeness (QED) is 0.322. The minimum Gasteiger partial charge on any atom is -0.481 e. The van der Waals surface area contributed by atoms with Gasteiger partial charge in [-0.2, -0.15) is 11.8 Å². The van der Waals surface area contributed by atoms with Gasteiger partial charge in [0.25, 0.3) is 0 Å². The van der Waals surface area contributed by atoms with Gasteiger partial charge in [-0.05, 0) is 73.0 Å². The van der Waals surface area contributed by atoms with E-state index in [0.717, 1.165) is 48.1 Å². The zero-order valence-electron chi connectivity index (χ0n) is 18.7. The molecule has 0 spiro atoms. The number of carboxylic acid groups (broad SMARTS) is 1. The summed E-state index contributed by atoms with van der Waals surface area (Å²) in [5, 5.41) is 20.0. The van der Waals surface area contributed by atoms with Crippen molar-refractivity contribution >= 4 is 32.7 Å². The number of rotatable bonds is 12. The molecule has 1 aliphatic rings. The second kappa shape index (κ2) is 11.0. The third kappa shape index (κ3) is 7.16. The molecular weight excluding hydrogens is 442 g/mol. The van der Waals surface area contributed by atoms with Crippen LogP contribution in [0.15, 0.2) is 54.3 Å². The highest BCUT2D eigenvalue weighted by atomic mass is 32.2. The van der Waals surface area contributed by atoms with Crippen LogP contribution in [0.2, 0.25) is 0 Å². The van der Waals surface area contributed by atoms with E-state index in [2.05, 4.69) is 18.2 Å². The summed E-state index contributed by atoms with van der Waals surface area (Å²) in [6, 6.07) is 16.2. The predicted octanol–water partition coefficient (Wildman–Crippen LogP) is 7.11. The molecule has 0 aliphatic heterocycles. The molecule has 0 radical (unpaired) electrons. The Morgan fingerprint density at radius 3 is 2.66 bits per heavy atom. The average Bonchev–Trinajstić information content (AvgIpc) is 3.50. The molecular formula is C26H32FO3PS. The number of carbonyl (C=O) groups is 1. The summed E-state index contributed by atoms with van der Waals surface area (Å²) in [6.07, 6.45) is 5.67. The molecule has 2 aromatic carbocycles. The fraction of sp³-hybridized carbons (Fsp3) is 0.423.